The fourth-order valence-electron chi connectivity index (χ4n) is 2.46. The van der Waals surface area contributed by atoms with Gasteiger partial charge in [0.15, 0.2) is 17.5 Å². The third-order valence-corrected chi connectivity index (χ3v) is 3.34. The lowest BCUT2D eigenvalue weighted by Gasteiger charge is -2.23. The number of aromatic amines is 1. The molecule has 96 valence electrons. The van der Waals surface area contributed by atoms with Crippen LogP contribution in [0.5, 0.6) is 0 Å². The van der Waals surface area contributed by atoms with E-state index >= 15 is 0 Å². The van der Waals surface area contributed by atoms with Gasteiger partial charge in [-0.2, -0.15) is 0 Å². The van der Waals surface area contributed by atoms with E-state index in [2.05, 4.69) is 10.3 Å². The van der Waals surface area contributed by atoms with Crippen molar-refractivity contribution < 1.29 is 17.6 Å². The summed E-state index contributed by atoms with van der Waals surface area (Å²) in [6, 6.07) is 0.635. The maximum atomic E-state index is 13.9. The molecule has 0 amide bonds. The first-order valence-electron chi connectivity index (χ1n) is 5.57. The molecule has 6 heteroatoms. The molecule has 1 aliphatic rings. The number of aromatic nitrogens is 1. The van der Waals surface area contributed by atoms with Crippen LogP contribution in [-0.4, -0.2) is 11.5 Å². The Morgan fingerprint density at radius 2 is 1.94 bits per heavy atom. The first-order valence-corrected chi connectivity index (χ1v) is 5.57. The van der Waals surface area contributed by atoms with E-state index in [1.165, 1.54) is 0 Å². The molecular formula is C12H10F4N2. The molecule has 2 N–H and O–H groups in total. The average molecular weight is 258 g/mol. The molecule has 18 heavy (non-hydrogen) atoms. The summed E-state index contributed by atoms with van der Waals surface area (Å²) in [4.78, 5) is 2.76. The highest BCUT2D eigenvalue weighted by Crippen LogP contribution is 2.38. The Balaban J connectivity index is 2.42. The number of alkyl halides is 1. The number of halogens is 4. The van der Waals surface area contributed by atoms with E-state index in [0.717, 1.165) is 6.07 Å². The minimum atomic E-state index is -1.57. The third kappa shape index (κ3) is 1.38. The summed E-state index contributed by atoms with van der Waals surface area (Å²) >= 11 is 0. The molecule has 1 aromatic heterocycles. The number of H-pyrrole nitrogens is 1. The zero-order chi connectivity index (χ0) is 13.0. The van der Waals surface area contributed by atoms with E-state index < -0.39 is 23.6 Å². The van der Waals surface area contributed by atoms with Crippen molar-refractivity contribution in [1.82, 2.24) is 10.3 Å². The van der Waals surface area contributed by atoms with Gasteiger partial charge in [0.1, 0.15) is 6.17 Å². The van der Waals surface area contributed by atoms with Gasteiger partial charge in [-0.05, 0) is 6.92 Å². The number of benzene rings is 1. The van der Waals surface area contributed by atoms with Gasteiger partial charge in [0.05, 0.1) is 5.52 Å². The van der Waals surface area contributed by atoms with E-state index in [1.807, 2.05) is 0 Å². The van der Waals surface area contributed by atoms with Crippen molar-refractivity contribution in [2.45, 2.75) is 19.1 Å². The fraction of sp³-hybridized carbons (Fsp3) is 0.333. The molecule has 2 nitrogen and oxygen atoms in total. The van der Waals surface area contributed by atoms with E-state index in [-0.39, 0.29) is 29.1 Å². The second-order valence-corrected chi connectivity index (χ2v) is 4.46. The van der Waals surface area contributed by atoms with Crippen LogP contribution in [0.1, 0.15) is 30.4 Å². The summed E-state index contributed by atoms with van der Waals surface area (Å²) in [6.45, 7) is 1.80. The van der Waals surface area contributed by atoms with Crippen molar-refractivity contribution in [3.8, 4) is 0 Å². The van der Waals surface area contributed by atoms with Crippen LogP contribution in [0.4, 0.5) is 17.6 Å². The molecule has 0 fully saturated rings. The Morgan fingerprint density at radius 3 is 2.67 bits per heavy atom. The summed E-state index contributed by atoms with van der Waals surface area (Å²) in [5.41, 5.74) is 0.606. The van der Waals surface area contributed by atoms with Crippen LogP contribution in [0.25, 0.3) is 10.9 Å². The summed E-state index contributed by atoms with van der Waals surface area (Å²) in [5.74, 6) is -4.18. The number of rotatable bonds is 0. The van der Waals surface area contributed by atoms with E-state index in [4.69, 9.17) is 0 Å². The molecule has 0 radical (unpaired) electrons. The van der Waals surface area contributed by atoms with E-state index in [1.54, 1.807) is 6.92 Å². The largest absolute Gasteiger partial charge is 0.357 e. The van der Waals surface area contributed by atoms with E-state index in [9.17, 15) is 17.6 Å². The van der Waals surface area contributed by atoms with Crippen LogP contribution in [0.15, 0.2) is 6.07 Å². The lowest BCUT2D eigenvalue weighted by molar-refractivity contribution is 0.294. The third-order valence-electron chi connectivity index (χ3n) is 3.34. The molecule has 2 atom stereocenters. The molecule has 0 saturated carbocycles. The summed E-state index contributed by atoms with van der Waals surface area (Å²) in [6.07, 6.45) is -1.44. The molecule has 0 saturated heterocycles. The molecule has 2 heterocycles. The molecule has 0 aliphatic carbocycles. The van der Waals surface area contributed by atoms with Gasteiger partial charge in [-0.25, -0.2) is 17.6 Å². The van der Waals surface area contributed by atoms with Gasteiger partial charge in [0, 0.05) is 35.3 Å². The van der Waals surface area contributed by atoms with Crippen LogP contribution in [0.2, 0.25) is 0 Å². The van der Waals surface area contributed by atoms with Gasteiger partial charge < -0.3 is 10.3 Å². The van der Waals surface area contributed by atoms with Gasteiger partial charge in [-0.15, -0.1) is 0 Å². The first kappa shape index (κ1) is 11.5. The predicted molar refractivity (Wildman–Crippen MR) is 58.4 cm³/mol. The number of hydrogen-bond donors (Lipinski definition) is 2. The molecule has 1 aromatic carbocycles. The molecule has 2 aromatic rings. The Bertz CT molecular complexity index is 635. The monoisotopic (exact) mass is 258 g/mol. The maximum Gasteiger partial charge on any atom is 0.195 e. The van der Waals surface area contributed by atoms with Crippen LogP contribution < -0.4 is 5.32 Å². The van der Waals surface area contributed by atoms with Crippen LogP contribution in [0.3, 0.4) is 0 Å². The maximum absolute atomic E-state index is 13.9. The smallest absolute Gasteiger partial charge is 0.195 e. The average Bonchev–Trinajstić information content (AvgIpc) is 2.71. The van der Waals surface area contributed by atoms with Gasteiger partial charge in [0.2, 0.25) is 0 Å². The van der Waals surface area contributed by atoms with Crippen molar-refractivity contribution in [2.75, 3.05) is 6.54 Å². The van der Waals surface area contributed by atoms with Gasteiger partial charge in [0.25, 0.3) is 0 Å². The lowest BCUT2D eigenvalue weighted by Crippen LogP contribution is -2.29. The normalized spacial score (nSPS) is 23.4. The second-order valence-electron chi connectivity index (χ2n) is 4.46. The van der Waals surface area contributed by atoms with Crippen LogP contribution in [-0.2, 0) is 0 Å². The molecule has 0 bridgehead atoms. The Hall–Kier alpha value is -1.56. The Morgan fingerprint density at radius 1 is 1.22 bits per heavy atom. The molecular weight excluding hydrogens is 248 g/mol. The first-order chi connectivity index (χ1) is 8.50. The topological polar surface area (TPSA) is 27.8 Å². The van der Waals surface area contributed by atoms with Crippen molar-refractivity contribution in [3.05, 3.63) is 34.8 Å². The van der Waals surface area contributed by atoms with Gasteiger partial charge >= 0.3 is 0 Å². The zero-order valence-corrected chi connectivity index (χ0v) is 9.45. The standard InChI is InChI=1S/C12H10F4N2/c1-4-12-8(6(14)3-17-4)9-7(18-12)2-5(13)10(15)11(9)16/h2,4,6,17-18H,3H2,1H3. The van der Waals surface area contributed by atoms with Crippen molar-refractivity contribution in [1.29, 1.82) is 0 Å². The summed E-state index contributed by atoms with van der Waals surface area (Å²) < 4.78 is 54.0. The van der Waals surface area contributed by atoms with Gasteiger partial charge in [-0.3, -0.25) is 0 Å². The van der Waals surface area contributed by atoms with Crippen molar-refractivity contribution in [3.63, 3.8) is 0 Å². The molecule has 0 spiro atoms. The molecule has 3 rings (SSSR count). The quantitative estimate of drug-likeness (QED) is 0.551. The van der Waals surface area contributed by atoms with Crippen molar-refractivity contribution in [2.24, 2.45) is 0 Å². The van der Waals surface area contributed by atoms with Crippen LogP contribution in [0, 0.1) is 17.5 Å². The fourth-order valence-corrected chi connectivity index (χ4v) is 2.46. The summed E-state index contributed by atoms with van der Waals surface area (Å²) in [7, 11) is 0. The van der Waals surface area contributed by atoms with E-state index in [0.29, 0.717) is 5.69 Å². The molecule has 1 aliphatic heterocycles. The lowest BCUT2D eigenvalue weighted by atomic mass is 9.98. The van der Waals surface area contributed by atoms with Crippen molar-refractivity contribution >= 4 is 10.9 Å². The number of hydrogen-bond acceptors (Lipinski definition) is 1. The summed E-state index contributed by atoms with van der Waals surface area (Å²) in [5, 5.41) is 2.69. The highest BCUT2D eigenvalue weighted by atomic mass is 19.2. The SMILES string of the molecule is CC1NCC(F)c2c1[nH]c1cc(F)c(F)c(F)c21. The minimum Gasteiger partial charge on any atom is -0.357 e. The Labute approximate surface area is 100.0 Å². The predicted octanol–water partition coefficient (Wildman–Crippen LogP) is 3.26. The van der Waals surface area contributed by atoms with Gasteiger partial charge in [-0.1, -0.05) is 0 Å². The zero-order valence-electron chi connectivity index (χ0n) is 9.45. The number of fused-ring (bicyclic) bond motifs is 3. The highest BCUT2D eigenvalue weighted by Gasteiger charge is 2.31. The van der Waals surface area contributed by atoms with Crippen LogP contribution >= 0.6 is 0 Å². The second kappa shape index (κ2) is 3.71. The number of nitrogens with one attached hydrogen (secondary N) is 2. The Kier molecular flexibility index (Phi) is 2.38. The highest BCUT2D eigenvalue weighted by molar-refractivity contribution is 5.86. The molecule has 2 unspecified atom stereocenters. The minimum absolute atomic E-state index is 0.0273.